The van der Waals surface area contributed by atoms with Crippen LogP contribution in [0, 0.1) is 12.7 Å². The van der Waals surface area contributed by atoms with Crippen molar-refractivity contribution in [2.75, 3.05) is 5.32 Å². The number of halogens is 2. The molecule has 0 bridgehead atoms. The zero-order valence-electron chi connectivity index (χ0n) is 26.0. The minimum absolute atomic E-state index is 0.0480. The summed E-state index contributed by atoms with van der Waals surface area (Å²) >= 11 is 6.27. The van der Waals surface area contributed by atoms with Gasteiger partial charge in [-0.2, -0.15) is 0 Å². The van der Waals surface area contributed by atoms with Crippen molar-refractivity contribution in [3.63, 3.8) is 0 Å². The Morgan fingerprint density at radius 3 is 2.52 bits per heavy atom. The SMILES string of the molecule is Cc1ccc(S(=O)(=O)n2cc(-c3ncc(F)c(N[C@H]4CCC[C@@](C)(O[Si](C)(C)C(C)(C)C)[C@@H]4O)n3)c3cc(Cl)cnc32)cc1. The van der Waals surface area contributed by atoms with Crippen molar-refractivity contribution < 1.29 is 22.3 Å². The molecular weight excluding hydrogens is 621 g/mol. The smallest absolute Gasteiger partial charge is 0.269 e. The first kappa shape index (κ1) is 32.5. The third-order valence-electron chi connectivity index (χ3n) is 8.95. The van der Waals surface area contributed by atoms with Gasteiger partial charge in [-0.3, -0.25) is 0 Å². The number of nitrogens with one attached hydrogen (secondary N) is 1. The molecule has 5 rings (SSSR count). The summed E-state index contributed by atoms with van der Waals surface area (Å²) in [6, 6.07) is 7.53. The highest BCUT2D eigenvalue weighted by Crippen LogP contribution is 2.43. The van der Waals surface area contributed by atoms with Gasteiger partial charge in [-0.1, -0.05) is 50.1 Å². The minimum atomic E-state index is -4.05. The molecule has 236 valence electrons. The molecule has 13 heteroatoms. The predicted octanol–water partition coefficient (Wildman–Crippen LogP) is 6.94. The van der Waals surface area contributed by atoms with Crippen LogP contribution in [0.15, 0.2) is 53.8 Å². The van der Waals surface area contributed by atoms with Crippen LogP contribution in [0.1, 0.15) is 52.5 Å². The summed E-state index contributed by atoms with van der Waals surface area (Å²) in [5, 5.41) is 15.3. The lowest BCUT2D eigenvalue weighted by molar-refractivity contribution is -0.0820. The maximum atomic E-state index is 15.2. The lowest BCUT2D eigenvalue weighted by Crippen LogP contribution is -2.60. The first-order chi connectivity index (χ1) is 20.4. The number of aliphatic hydroxyl groups is 1. The summed E-state index contributed by atoms with van der Waals surface area (Å²) in [4.78, 5) is 13.1. The second-order valence-corrected chi connectivity index (χ2v) is 20.3. The molecule has 0 unspecified atom stereocenters. The number of hydrogen-bond acceptors (Lipinski definition) is 8. The van der Waals surface area contributed by atoms with E-state index in [-0.39, 0.29) is 32.2 Å². The third kappa shape index (κ3) is 6.02. The number of nitrogens with zero attached hydrogens (tertiary/aromatic N) is 4. The predicted molar refractivity (Wildman–Crippen MR) is 173 cm³/mol. The van der Waals surface area contributed by atoms with Crippen molar-refractivity contribution in [2.24, 2.45) is 0 Å². The largest absolute Gasteiger partial charge is 0.409 e. The molecule has 1 aromatic carbocycles. The number of aryl methyl sites for hydroxylation is 1. The molecule has 1 fully saturated rings. The minimum Gasteiger partial charge on any atom is -0.409 e. The van der Waals surface area contributed by atoms with Gasteiger partial charge in [0.15, 0.2) is 31.4 Å². The number of aliphatic hydroxyl groups excluding tert-OH is 1. The molecular formula is C31H39ClFN5O4SSi. The van der Waals surface area contributed by atoms with Gasteiger partial charge in [0, 0.05) is 23.3 Å². The summed E-state index contributed by atoms with van der Waals surface area (Å²) < 4.78 is 50.3. The van der Waals surface area contributed by atoms with E-state index in [1.165, 1.54) is 24.5 Å². The van der Waals surface area contributed by atoms with Crippen LogP contribution in [-0.4, -0.2) is 58.5 Å². The van der Waals surface area contributed by atoms with Crippen LogP contribution in [-0.2, 0) is 14.4 Å². The van der Waals surface area contributed by atoms with Crippen molar-refractivity contribution >= 4 is 46.8 Å². The van der Waals surface area contributed by atoms with Gasteiger partial charge >= 0.3 is 0 Å². The molecule has 0 aliphatic heterocycles. The molecule has 0 spiro atoms. The number of pyridine rings is 1. The summed E-state index contributed by atoms with van der Waals surface area (Å²) in [7, 11) is -6.27. The second-order valence-electron chi connectivity index (χ2n) is 13.3. The van der Waals surface area contributed by atoms with Crippen molar-refractivity contribution in [1.29, 1.82) is 0 Å². The average molecular weight is 660 g/mol. The second kappa shape index (κ2) is 11.5. The van der Waals surface area contributed by atoms with Crippen LogP contribution < -0.4 is 5.32 Å². The molecule has 9 nitrogen and oxygen atoms in total. The Morgan fingerprint density at radius 2 is 1.86 bits per heavy atom. The standard InChI is InChI=1S/C31H39ClFN5O4SSi/c1-19-10-12-21(13-11-19)43(40,41)38-18-23(22-15-20(32)16-35-29(22)38)27-34-17-24(33)28(37-27)36-25-9-8-14-31(5,26(25)39)42-44(6,7)30(2,3)4/h10-13,15-18,25-26,39H,8-9,14H2,1-7H3,(H,34,36,37)/t25-,26+,31+/m0/s1. The molecule has 4 aromatic rings. The van der Waals surface area contributed by atoms with E-state index in [4.69, 9.17) is 16.0 Å². The number of anilines is 1. The molecule has 2 N–H and O–H groups in total. The van der Waals surface area contributed by atoms with Crippen LogP contribution in [0.4, 0.5) is 10.2 Å². The quantitative estimate of drug-likeness (QED) is 0.205. The number of hydrogen-bond donors (Lipinski definition) is 2. The average Bonchev–Trinajstić information content (AvgIpc) is 3.31. The van der Waals surface area contributed by atoms with Crippen molar-refractivity contribution in [1.82, 2.24) is 18.9 Å². The van der Waals surface area contributed by atoms with E-state index in [0.29, 0.717) is 23.8 Å². The maximum absolute atomic E-state index is 15.2. The Bertz CT molecular complexity index is 1810. The molecule has 1 aliphatic carbocycles. The summed E-state index contributed by atoms with van der Waals surface area (Å²) in [6.07, 6.45) is 4.88. The van der Waals surface area contributed by atoms with Gasteiger partial charge in [-0.15, -0.1) is 0 Å². The number of fused-ring (bicyclic) bond motifs is 1. The van der Waals surface area contributed by atoms with Crippen LogP contribution in [0.25, 0.3) is 22.4 Å². The Balaban J connectivity index is 1.52. The molecule has 3 heterocycles. The van der Waals surface area contributed by atoms with Crippen molar-refractivity contribution in [3.8, 4) is 11.4 Å². The molecule has 1 aliphatic rings. The fourth-order valence-electron chi connectivity index (χ4n) is 5.42. The Kier molecular flexibility index (Phi) is 8.47. The number of benzene rings is 1. The van der Waals surface area contributed by atoms with Crippen LogP contribution in [0.3, 0.4) is 0 Å². The molecule has 0 radical (unpaired) electrons. The monoisotopic (exact) mass is 659 g/mol. The first-order valence-electron chi connectivity index (χ1n) is 14.6. The molecule has 3 atom stereocenters. The third-order valence-corrected chi connectivity index (χ3v) is 15.4. The molecule has 0 amide bonds. The van der Waals surface area contributed by atoms with Gasteiger partial charge in [0.05, 0.1) is 27.8 Å². The highest BCUT2D eigenvalue weighted by Gasteiger charge is 2.49. The topological polar surface area (TPSA) is 119 Å². The fourth-order valence-corrected chi connectivity index (χ4v) is 8.59. The van der Waals surface area contributed by atoms with E-state index in [2.05, 4.69) is 54.1 Å². The first-order valence-corrected chi connectivity index (χ1v) is 19.3. The van der Waals surface area contributed by atoms with Crippen LogP contribution >= 0.6 is 11.6 Å². The summed E-state index contributed by atoms with van der Waals surface area (Å²) in [5.74, 6) is -0.731. The Morgan fingerprint density at radius 1 is 1.18 bits per heavy atom. The highest BCUT2D eigenvalue weighted by molar-refractivity contribution is 7.90. The highest BCUT2D eigenvalue weighted by atomic mass is 35.5. The van der Waals surface area contributed by atoms with E-state index < -0.39 is 41.9 Å². The Hall–Kier alpha value is -2.90. The van der Waals surface area contributed by atoms with E-state index in [1.54, 1.807) is 18.2 Å². The van der Waals surface area contributed by atoms with Gasteiger partial charge < -0.3 is 14.8 Å². The zero-order valence-corrected chi connectivity index (χ0v) is 28.6. The van der Waals surface area contributed by atoms with E-state index in [9.17, 15) is 13.5 Å². The summed E-state index contributed by atoms with van der Waals surface area (Å²) in [6.45, 7) is 14.5. The lowest BCUT2D eigenvalue weighted by atomic mass is 9.80. The van der Waals surface area contributed by atoms with Gasteiger partial charge in [-0.25, -0.2) is 31.7 Å². The molecule has 44 heavy (non-hydrogen) atoms. The fraction of sp³-hybridized carbons (Fsp3) is 0.452. The lowest BCUT2D eigenvalue weighted by Gasteiger charge is -2.50. The van der Waals surface area contributed by atoms with Gasteiger partial charge in [0.2, 0.25) is 0 Å². The normalized spacial score (nSPS) is 21.5. The number of rotatable bonds is 7. The Labute approximate surface area is 264 Å². The summed E-state index contributed by atoms with van der Waals surface area (Å²) in [5.41, 5.74) is 0.546. The van der Waals surface area contributed by atoms with Crippen LogP contribution in [0.2, 0.25) is 23.2 Å². The van der Waals surface area contributed by atoms with E-state index in [1.807, 2.05) is 13.8 Å². The molecule has 0 saturated heterocycles. The van der Waals surface area contributed by atoms with Crippen LogP contribution in [0.5, 0.6) is 0 Å². The van der Waals surface area contributed by atoms with Gasteiger partial charge in [0.1, 0.15) is 6.10 Å². The number of aromatic nitrogens is 4. The van der Waals surface area contributed by atoms with Gasteiger partial charge in [-0.05, 0) is 69.4 Å². The zero-order chi connectivity index (χ0) is 32.2. The van der Waals surface area contributed by atoms with Gasteiger partial charge in [0.25, 0.3) is 10.0 Å². The van der Waals surface area contributed by atoms with E-state index in [0.717, 1.165) is 22.2 Å². The molecule has 1 saturated carbocycles. The molecule has 3 aromatic heterocycles. The van der Waals surface area contributed by atoms with Crippen molar-refractivity contribution in [2.45, 2.75) is 94.7 Å². The van der Waals surface area contributed by atoms with Crippen molar-refractivity contribution in [3.05, 3.63) is 65.3 Å². The maximum Gasteiger partial charge on any atom is 0.269 e. The van der Waals surface area contributed by atoms with E-state index >= 15 is 4.39 Å².